The number of rotatable bonds is 4. The monoisotopic (exact) mass is 286 g/mol. The summed E-state index contributed by atoms with van der Waals surface area (Å²) in [5.41, 5.74) is 4.12. The molecule has 2 aromatic carbocycles. The van der Waals surface area contributed by atoms with E-state index in [4.69, 9.17) is 0 Å². The number of benzene rings is 2. The zero-order valence-electron chi connectivity index (χ0n) is 12.8. The molecular weight excluding hydrogens is 264 g/mol. The molecule has 0 bridgehead atoms. The molecule has 0 aliphatic heterocycles. The van der Waals surface area contributed by atoms with Crippen LogP contribution < -0.4 is 0 Å². The molecule has 112 valence electrons. The SMILES string of the molecule is CCc1ccc(-c2cc(O)c(CC)c(O)c2O)cc1CC. The third-order valence-electron chi connectivity index (χ3n) is 3.99. The van der Waals surface area contributed by atoms with E-state index in [1.54, 1.807) is 0 Å². The normalized spacial score (nSPS) is 10.8. The van der Waals surface area contributed by atoms with Crippen molar-refractivity contribution in [2.45, 2.75) is 40.0 Å². The maximum absolute atomic E-state index is 10.2. The average molecular weight is 286 g/mol. The molecule has 3 nitrogen and oxygen atoms in total. The van der Waals surface area contributed by atoms with Crippen molar-refractivity contribution in [3.05, 3.63) is 41.0 Å². The minimum atomic E-state index is -0.231. The summed E-state index contributed by atoms with van der Waals surface area (Å²) in [6.07, 6.45) is 2.32. The Morgan fingerprint density at radius 2 is 1.43 bits per heavy atom. The van der Waals surface area contributed by atoms with Gasteiger partial charge in [0.15, 0.2) is 11.5 Å². The Kier molecular flexibility index (Phi) is 4.41. The van der Waals surface area contributed by atoms with E-state index in [0.29, 0.717) is 17.5 Å². The topological polar surface area (TPSA) is 60.7 Å². The first-order valence-corrected chi connectivity index (χ1v) is 7.42. The summed E-state index contributed by atoms with van der Waals surface area (Å²) in [6.45, 7) is 6.02. The zero-order chi connectivity index (χ0) is 15.6. The highest BCUT2D eigenvalue weighted by Gasteiger charge is 2.17. The average Bonchev–Trinajstić information content (AvgIpc) is 2.50. The predicted molar refractivity (Wildman–Crippen MR) is 85.0 cm³/mol. The van der Waals surface area contributed by atoms with E-state index in [1.807, 2.05) is 25.1 Å². The van der Waals surface area contributed by atoms with Crippen molar-refractivity contribution in [3.63, 3.8) is 0 Å². The second-order valence-corrected chi connectivity index (χ2v) is 5.16. The van der Waals surface area contributed by atoms with Gasteiger partial charge in [0, 0.05) is 11.1 Å². The van der Waals surface area contributed by atoms with Crippen LogP contribution in [0.15, 0.2) is 24.3 Å². The molecule has 0 unspecified atom stereocenters. The first-order chi connectivity index (χ1) is 10.0. The molecule has 0 aliphatic rings. The van der Waals surface area contributed by atoms with Gasteiger partial charge < -0.3 is 15.3 Å². The molecule has 21 heavy (non-hydrogen) atoms. The Bertz CT molecular complexity index is 660. The smallest absolute Gasteiger partial charge is 0.166 e. The number of aryl methyl sites for hydroxylation is 2. The van der Waals surface area contributed by atoms with Gasteiger partial charge in [-0.1, -0.05) is 39.0 Å². The summed E-state index contributed by atoms with van der Waals surface area (Å²) < 4.78 is 0. The maximum atomic E-state index is 10.2. The lowest BCUT2D eigenvalue weighted by molar-refractivity contribution is 0.391. The van der Waals surface area contributed by atoms with Gasteiger partial charge in [0.05, 0.1) is 0 Å². The van der Waals surface area contributed by atoms with E-state index >= 15 is 0 Å². The molecule has 0 saturated carbocycles. The van der Waals surface area contributed by atoms with Gasteiger partial charge in [0.25, 0.3) is 0 Å². The lowest BCUT2D eigenvalue weighted by Gasteiger charge is -2.14. The molecule has 0 fully saturated rings. The Morgan fingerprint density at radius 3 is 2.00 bits per heavy atom. The lowest BCUT2D eigenvalue weighted by Crippen LogP contribution is -1.93. The van der Waals surface area contributed by atoms with Crippen LogP contribution in [0.5, 0.6) is 17.2 Å². The van der Waals surface area contributed by atoms with Crippen molar-refractivity contribution in [1.29, 1.82) is 0 Å². The van der Waals surface area contributed by atoms with Gasteiger partial charge in [-0.25, -0.2) is 0 Å². The summed E-state index contributed by atoms with van der Waals surface area (Å²) in [6, 6.07) is 7.49. The summed E-state index contributed by atoms with van der Waals surface area (Å²) in [5.74, 6) is -0.388. The molecule has 2 aromatic rings. The fourth-order valence-corrected chi connectivity index (χ4v) is 2.72. The van der Waals surface area contributed by atoms with Crippen LogP contribution >= 0.6 is 0 Å². The molecule has 0 radical (unpaired) electrons. The Hall–Kier alpha value is -2.16. The van der Waals surface area contributed by atoms with Crippen molar-refractivity contribution in [2.75, 3.05) is 0 Å². The van der Waals surface area contributed by atoms with Gasteiger partial charge >= 0.3 is 0 Å². The molecule has 2 rings (SSSR count). The van der Waals surface area contributed by atoms with Gasteiger partial charge in [0.2, 0.25) is 0 Å². The molecular formula is C18H22O3. The molecule has 0 atom stereocenters. The summed E-state index contributed by atoms with van der Waals surface area (Å²) >= 11 is 0. The van der Waals surface area contributed by atoms with E-state index in [9.17, 15) is 15.3 Å². The van der Waals surface area contributed by atoms with Crippen LogP contribution in [0.1, 0.15) is 37.5 Å². The maximum Gasteiger partial charge on any atom is 0.166 e. The second kappa shape index (κ2) is 6.08. The first kappa shape index (κ1) is 15.2. The number of phenolic OH excluding ortho intramolecular Hbond substituents is 3. The van der Waals surface area contributed by atoms with E-state index in [0.717, 1.165) is 18.4 Å². The van der Waals surface area contributed by atoms with Gasteiger partial charge in [-0.3, -0.25) is 0 Å². The quantitative estimate of drug-likeness (QED) is 0.584. The third-order valence-corrected chi connectivity index (χ3v) is 3.99. The minimum absolute atomic E-state index is 0.0143. The fourth-order valence-electron chi connectivity index (χ4n) is 2.72. The number of phenols is 3. The van der Waals surface area contributed by atoms with Crippen LogP contribution in [0.3, 0.4) is 0 Å². The molecule has 0 spiro atoms. The van der Waals surface area contributed by atoms with Gasteiger partial charge in [-0.2, -0.15) is 0 Å². The van der Waals surface area contributed by atoms with Crippen LogP contribution in [0.25, 0.3) is 11.1 Å². The third kappa shape index (κ3) is 2.68. The van der Waals surface area contributed by atoms with E-state index in [-0.39, 0.29) is 17.2 Å². The highest BCUT2D eigenvalue weighted by atomic mass is 16.3. The molecule has 0 aromatic heterocycles. The Balaban J connectivity index is 2.62. The van der Waals surface area contributed by atoms with Crippen LogP contribution in [-0.4, -0.2) is 15.3 Å². The van der Waals surface area contributed by atoms with Crippen molar-refractivity contribution in [1.82, 2.24) is 0 Å². The van der Waals surface area contributed by atoms with Crippen molar-refractivity contribution >= 4 is 0 Å². The Morgan fingerprint density at radius 1 is 0.762 bits per heavy atom. The van der Waals surface area contributed by atoms with Crippen LogP contribution in [-0.2, 0) is 19.3 Å². The number of hydrogen-bond acceptors (Lipinski definition) is 3. The summed E-state index contributed by atoms with van der Waals surface area (Å²) in [4.78, 5) is 0. The fraction of sp³-hybridized carbons (Fsp3) is 0.333. The number of hydrogen-bond donors (Lipinski definition) is 3. The Labute approximate surface area is 125 Å². The largest absolute Gasteiger partial charge is 0.508 e. The standard InChI is InChI=1S/C18H22O3/c1-4-11-7-8-13(9-12(11)5-2)15-10-16(19)14(6-3)17(20)18(15)21/h7-10,19-21H,4-6H2,1-3H3. The lowest BCUT2D eigenvalue weighted by atomic mass is 9.94. The molecule has 0 saturated heterocycles. The molecule has 0 amide bonds. The van der Waals surface area contributed by atoms with Crippen molar-refractivity contribution < 1.29 is 15.3 Å². The highest BCUT2D eigenvalue weighted by Crippen LogP contribution is 2.44. The predicted octanol–water partition coefficient (Wildman–Crippen LogP) is 4.16. The van der Waals surface area contributed by atoms with E-state index in [2.05, 4.69) is 13.8 Å². The van der Waals surface area contributed by atoms with Gasteiger partial charge in [-0.15, -0.1) is 0 Å². The first-order valence-electron chi connectivity index (χ1n) is 7.42. The second-order valence-electron chi connectivity index (χ2n) is 5.16. The van der Waals surface area contributed by atoms with E-state index in [1.165, 1.54) is 17.2 Å². The molecule has 3 N–H and O–H groups in total. The van der Waals surface area contributed by atoms with Crippen molar-refractivity contribution in [2.24, 2.45) is 0 Å². The van der Waals surface area contributed by atoms with Gasteiger partial charge in [-0.05, 0) is 42.0 Å². The van der Waals surface area contributed by atoms with Crippen LogP contribution in [0.2, 0.25) is 0 Å². The molecule has 0 aliphatic carbocycles. The summed E-state index contributed by atoms with van der Waals surface area (Å²) in [5, 5.41) is 30.3. The molecule has 0 heterocycles. The van der Waals surface area contributed by atoms with Gasteiger partial charge in [0.1, 0.15) is 5.75 Å². The van der Waals surface area contributed by atoms with E-state index < -0.39 is 0 Å². The highest BCUT2D eigenvalue weighted by molar-refractivity contribution is 5.77. The molecule has 3 heteroatoms. The van der Waals surface area contributed by atoms with Crippen LogP contribution in [0.4, 0.5) is 0 Å². The van der Waals surface area contributed by atoms with Crippen molar-refractivity contribution in [3.8, 4) is 28.4 Å². The summed E-state index contributed by atoms with van der Waals surface area (Å²) in [7, 11) is 0. The zero-order valence-corrected chi connectivity index (χ0v) is 12.8. The number of aromatic hydroxyl groups is 3. The minimum Gasteiger partial charge on any atom is -0.508 e. The van der Waals surface area contributed by atoms with Crippen LogP contribution in [0, 0.1) is 0 Å².